The van der Waals surface area contributed by atoms with Crippen LogP contribution in [-0.4, -0.2) is 50.8 Å². The molecule has 2 unspecified atom stereocenters. The predicted molar refractivity (Wildman–Crippen MR) is 59.9 cm³/mol. The molecule has 1 spiro atoms. The van der Waals surface area contributed by atoms with E-state index in [2.05, 4.69) is 10.2 Å². The van der Waals surface area contributed by atoms with Crippen molar-refractivity contribution in [2.24, 2.45) is 11.3 Å². The topological polar surface area (TPSA) is 24.5 Å². The van der Waals surface area contributed by atoms with Crippen LogP contribution in [0.25, 0.3) is 0 Å². The number of hydrogen-bond donors (Lipinski definition) is 1. The molecule has 0 aromatic rings. The Morgan fingerprint density at radius 1 is 1.40 bits per heavy atom. The van der Waals surface area contributed by atoms with Gasteiger partial charge in [0.15, 0.2) is 0 Å². The molecule has 0 aromatic carbocycles. The highest BCUT2D eigenvalue weighted by Gasteiger charge is 2.40. The van der Waals surface area contributed by atoms with E-state index in [0.717, 1.165) is 19.1 Å². The largest absolute Gasteiger partial charge is 0.381 e. The normalized spacial score (nSPS) is 42.0. The first-order valence-electron chi connectivity index (χ1n) is 6.37. The number of nitrogens with zero attached hydrogens (tertiary/aromatic N) is 1. The minimum Gasteiger partial charge on any atom is -0.381 e. The Morgan fingerprint density at radius 3 is 3.13 bits per heavy atom. The van der Waals surface area contributed by atoms with Gasteiger partial charge in [-0.05, 0) is 43.7 Å². The van der Waals surface area contributed by atoms with E-state index in [4.69, 9.17) is 4.74 Å². The molecule has 0 radical (unpaired) electrons. The fourth-order valence-electron chi connectivity index (χ4n) is 3.42. The van der Waals surface area contributed by atoms with Gasteiger partial charge in [-0.2, -0.15) is 0 Å². The van der Waals surface area contributed by atoms with Crippen molar-refractivity contribution in [1.82, 2.24) is 10.2 Å². The van der Waals surface area contributed by atoms with Gasteiger partial charge < -0.3 is 15.0 Å². The van der Waals surface area contributed by atoms with Crippen LogP contribution in [0.3, 0.4) is 0 Å². The summed E-state index contributed by atoms with van der Waals surface area (Å²) in [6.07, 6.45) is 4.08. The quantitative estimate of drug-likeness (QED) is 0.726. The highest BCUT2D eigenvalue weighted by molar-refractivity contribution is 4.96. The summed E-state index contributed by atoms with van der Waals surface area (Å²) in [6.45, 7) is 8.41. The Labute approximate surface area is 92.2 Å². The molecule has 3 heterocycles. The summed E-state index contributed by atoms with van der Waals surface area (Å²) in [5.41, 5.74) is 0.638. The van der Waals surface area contributed by atoms with Gasteiger partial charge in [-0.1, -0.05) is 0 Å². The van der Waals surface area contributed by atoms with E-state index in [1.165, 1.54) is 52.0 Å². The first kappa shape index (κ1) is 10.1. The van der Waals surface area contributed by atoms with Gasteiger partial charge in [0.2, 0.25) is 0 Å². The van der Waals surface area contributed by atoms with Crippen LogP contribution in [0.15, 0.2) is 0 Å². The molecule has 0 aliphatic carbocycles. The molecule has 86 valence electrons. The number of ether oxygens (including phenoxy) is 1. The maximum absolute atomic E-state index is 5.45. The number of hydrogen-bond acceptors (Lipinski definition) is 3. The molecular formula is C12H22N2O. The lowest BCUT2D eigenvalue weighted by Crippen LogP contribution is -2.32. The van der Waals surface area contributed by atoms with Crippen molar-refractivity contribution in [1.29, 1.82) is 0 Å². The summed E-state index contributed by atoms with van der Waals surface area (Å²) in [4.78, 5) is 2.67. The van der Waals surface area contributed by atoms with Crippen LogP contribution in [0.2, 0.25) is 0 Å². The molecule has 0 bridgehead atoms. The molecule has 3 heteroatoms. The third kappa shape index (κ3) is 2.05. The third-order valence-corrected chi connectivity index (χ3v) is 4.39. The van der Waals surface area contributed by atoms with Crippen molar-refractivity contribution in [3.05, 3.63) is 0 Å². The van der Waals surface area contributed by atoms with Gasteiger partial charge in [0, 0.05) is 26.2 Å². The number of likely N-dealkylation sites (tertiary alicyclic amines) is 1. The molecule has 3 saturated heterocycles. The molecule has 3 nitrogen and oxygen atoms in total. The van der Waals surface area contributed by atoms with Gasteiger partial charge in [0.25, 0.3) is 0 Å². The molecule has 3 rings (SSSR count). The molecule has 2 atom stereocenters. The first-order chi connectivity index (χ1) is 7.36. The second kappa shape index (κ2) is 4.04. The van der Waals surface area contributed by atoms with Crippen molar-refractivity contribution in [3.63, 3.8) is 0 Å². The second-order valence-corrected chi connectivity index (χ2v) is 5.64. The van der Waals surface area contributed by atoms with Crippen LogP contribution in [0, 0.1) is 11.3 Å². The zero-order valence-corrected chi connectivity index (χ0v) is 9.50. The van der Waals surface area contributed by atoms with Crippen molar-refractivity contribution in [2.45, 2.75) is 19.3 Å². The van der Waals surface area contributed by atoms with E-state index in [1.54, 1.807) is 0 Å². The van der Waals surface area contributed by atoms with Gasteiger partial charge >= 0.3 is 0 Å². The summed E-state index contributed by atoms with van der Waals surface area (Å²) in [6, 6.07) is 0. The van der Waals surface area contributed by atoms with E-state index >= 15 is 0 Å². The van der Waals surface area contributed by atoms with Gasteiger partial charge in [-0.3, -0.25) is 0 Å². The Bertz CT molecular complexity index is 220. The Kier molecular flexibility index (Phi) is 2.71. The summed E-state index contributed by atoms with van der Waals surface area (Å²) < 4.78 is 5.45. The van der Waals surface area contributed by atoms with Gasteiger partial charge in [-0.15, -0.1) is 0 Å². The van der Waals surface area contributed by atoms with Gasteiger partial charge in [0.1, 0.15) is 0 Å². The van der Waals surface area contributed by atoms with Crippen LogP contribution in [0.5, 0.6) is 0 Å². The number of rotatable bonds is 2. The van der Waals surface area contributed by atoms with Crippen molar-refractivity contribution < 1.29 is 4.74 Å². The van der Waals surface area contributed by atoms with E-state index in [9.17, 15) is 0 Å². The Balaban J connectivity index is 1.52. The molecule has 15 heavy (non-hydrogen) atoms. The highest BCUT2D eigenvalue weighted by atomic mass is 16.5. The van der Waals surface area contributed by atoms with E-state index in [-0.39, 0.29) is 0 Å². The van der Waals surface area contributed by atoms with Crippen LogP contribution in [-0.2, 0) is 4.74 Å². The SMILES string of the molecule is C1CC2(CCN(CC3CCOC3)C2)CN1. The van der Waals surface area contributed by atoms with E-state index in [1.807, 2.05) is 0 Å². The van der Waals surface area contributed by atoms with E-state index in [0.29, 0.717) is 5.41 Å². The Morgan fingerprint density at radius 2 is 2.40 bits per heavy atom. The lowest BCUT2D eigenvalue weighted by Gasteiger charge is -2.24. The molecule has 0 amide bonds. The average molecular weight is 210 g/mol. The van der Waals surface area contributed by atoms with Crippen LogP contribution in [0.4, 0.5) is 0 Å². The lowest BCUT2D eigenvalue weighted by atomic mass is 9.86. The molecule has 0 saturated carbocycles. The van der Waals surface area contributed by atoms with Gasteiger partial charge in [0.05, 0.1) is 6.61 Å². The molecule has 3 aliphatic heterocycles. The average Bonchev–Trinajstić information content (AvgIpc) is 2.92. The predicted octanol–water partition coefficient (Wildman–Crippen LogP) is 0.708. The maximum atomic E-state index is 5.45. The monoisotopic (exact) mass is 210 g/mol. The molecule has 1 N–H and O–H groups in total. The minimum atomic E-state index is 0.638. The van der Waals surface area contributed by atoms with Crippen molar-refractivity contribution in [2.75, 3.05) is 45.9 Å². The second-order valence-electron chi connectivity index (χ2n) is 5.64. The van der Waals surface area contributed by atoms with E-state index < -0.39 is 0 Å². The molecular weight excluding hydrogens is 188 g/mol. The summed E-state index contributed by atoms with van der Waals surface area (Å²) in [5, 5.41) is 3.52. The maximum Gasteiger partial charge on any atom is 0.0507 e. The summed E-state index contributed by atoms with van der Waals surface area (Å²) >= 11 is 0. The Hall–Kier alpha value is -0.120. The molecule has 3 fully saturated rings. The first-order valence-corrected chi connectivity index (χ1v) is 6.37. The highest BCUT2D eigenvalue weighted by Crippen LogP contribution is 2.36. The smallest absolute Gasteiger partial charge is 0.0507 e. The molecule has 0 aromatic heterocycles. The standard InChI is InChI=1S/C12H22N2O/c1-6-15-8-11(1)7-14-5-3-12(10-14)2-4-13-9-12/h11,13H,1-10H2. The van der Waals surface area contributed by atoms with Crippen LogP contribution >= 0.6 is 0 Å². The fourth-order valence-corrected chi connectivity index (χ4v) is 3.42. The minimum absolute atomic E-state index is 0.638. The van der Waals surface area contributed by atoms with Crippen molar-refractivity contribution >= 4 is 0 Å². The summed E-state index contributed by atoms with van der Waals surface area (Å²) in [5.74, 6) is 0.814. The van der Waals surface area contributed by atoms with Crippen LogP contribution < -0.4 is 5.32 Å². The zero-order valence-electron chi connectivity index (χ0n) is 9.50. The molecule has 3 aliphatic rings. The van der Waals surface area contributed by atoms with Gasteiger partial charge in [-0.25, -0.2) is 0 Å². The van der Waals surface area contributed by atoms with Crippen LogP contribution in [0.1, 0.15) is 19.3 Å². The van der Waals surface area contributed by atoms with Crippen molar-refractivity contribution in [3.8, 4) is 0 Å². The summed E-state index contributed by atoms with van der Waals surface area (Å²) in [7, 11) is 0. The fraction of sp³-hybridized carbons (Fsp3) is 1.00. The zero-order chi connectivity index (χ0) is 10.1. The number of nitrogens with one attached hydrogen (secondary N) is 1. The third-order valence-electron chi connectivity index (χ3n) is 4.39. The lowest BCUT2D eigenvalue weighted by molar-refractivity contribution is 0.170.